The summed E-state index contributed by atoms with van der Waals surface area (Å²) in [6.45, 7) is 5.78. The van der Waals surface area contributed by atoms with Crippen LogP contribution >= 0.6 is 23.7 Å². The third-order valence-corrected chi connectivity index (χ3v) is 4.73. The molecule has 2 rings (SSSR count). The second-order valence-corrected chi connectivity index (χ2v) is 5.87. The van der Waals surface area contributed by atoms with Gasteiger partial charge in [-0.2, -0.15) is 0 Å². The molecule has 2 heterocycles. The van der Waals surface area contributed by atoms with Gasteiger partial charge in [-0.15, -0.1) is 23.7 Å². The Labute approximate surface area is 124 Å². The lowest BCUT2D eigenvalue weighted by Crippen LogP contribution is -2.53. The summed E-state index contributed by atoms with van der Waals surface area (Å²) in [6.07, 6.45) is 4.69. The maximum absolute atomic E-state index is 12.3. The van der Waals surface area contributed by atoms with Crippen LogP contribution in [0.2, 0.25) is 0 Å². The first-order valence-electron chi connectivity index (χ1n) is 6.60. The fourth-order valence-corrected chi connectivity index (χ4v) is 3.14. The van der Waals surface area contributed by atoms with E-state index in [0.717, 1.165) is 30.8 Å². The zero-order valence-electron chi connectivity index (χ0n) is 11.4. The molecular weight excluding hydrogens is 282 g/mol. The lowest BCUT2D eigenvalue weighted by molar-refractivity contribution is -0.127. The Bertz CT molecular complexity index is 391. The first-order valence-corrected chi connectivity index (χ1v) is 7.48. The standard InChI is InChI=1S/C13H21N3OS.ClH/c1-3-13(5-4-6-16-13)12(17)15-9-10(2)11-14-7-8-18-11;/h7-8,10,16H,3-6,9H2,1-2H3,(H,15,17);1H. The maximum atomic E-state index is 12.3. The molecule has 1 fully saturated rings. The van der Waals surface area contributed by atoms with Crippen molar-refractivity contribution in [1.29, 1.82) is 0 Å². The number of nitrogens with one attached hydrogen (secondary N) is 2. The monoisotopic (exact) mass is 303 g/mol. The van der Waals surface area contributed by atoms with Gasteiger partial charge in [0.05, 0.1) is 10.5 Å². The highest BCUT2D eigenvalue weighted by atomic mass is 35.5. The Morgan fingerprint density at radius 2 is 2.47 bits per heavy atom. The largest absolute Gasteiger partial charge is 0.354 e. The Morgan fingerprint density at radius 1 is 1.68 bits per heavy atom. The maximum Gasteiger partial charge on any atom is 0.240 e. The first kappa shape index (κ1) is 16.4. The molecule has 1 amide bonds. The number of nitrogens with zero attached hydrogens (tertiary/aromatic N) is 1. The highest BCUT2D eigenvalue weighted by molar-refractivity contribution is 7.09. The molecule has 0 radical (unpaired) electrons. The summed E-state index contributed by atoms with van der Waals surface area (Å²) >= 11 is 1.64. The number of carbonyl (C=O) groups excluding carboxylic acids is 1. The van der Waals surface area contributed by atoms with Crippen LogP contribution < -0.4 is 10.6 Å². The van der Waals surface area contributed by atoms with Crippen molar-refractivity contribution in [2.45, 2.75) is 44.6 Å². The van der Waals surface area contributed by atoms with E-state index in [1.165, 1.54) is 0 Å². The summed E-state index contributed by atoms with van der Waals surface area (Å²) in [5.41, 5.74) is -0.331. The quantitative estimate of drug-likeness (QED) is 0.878. The Morgan fingerprint density at radius 3 is 3.00 bits per heavy atom. The minimum Gasteiger partial charge on any atom is -0.354 e. The van der Waals surface area contributed by atoms with E-state index in [0.29, 0.717) is 6.54 Å². The van der Waals surface area contributed by atoms with Crippen LogP contribution in [0.3, 0.4) is 0 Å². The lowest BCUT2D eigenvalue weighted by Gasteiger charge is -2.27. The molecule has 2 N–H and O–H groups in total. The molecule has 1 aliphatic rings. The van der Waals surface area contributed by atoms with Crippen molar-refractivity contribution >= 4 is 29.7 Å². The number of halogens is 1. The van der Waals surface area contributed by atoms with Crippen LogP contribution in [0.1, 0.15) is 44.0 Å². The van der Waals surface area contributed by atoms with Gasteiger partial charge in [-0.3, -0.25) is 4.79 Å². The van der Waals surface area contributed by atoms with Crippen molar-refractivity contribution in [3.63, 3.8) is 0 Å². The van der Waals surface area contributed by atoms with Gasteiger partial charge in [-0.1, -0.05) is 13.8 Å². The van der Waals surface area contributed by atoms with E-state index in [1.54, 1.807) is 11.3 Å². The van der Waals surface area contributed by atoms with Crippen molar-refractivity contribution < 1.29 is 4.79 Å². The van der Waals surface area contributed by atoms with Crippen LogP contribution in [0.25, 0.3) is 0 Å². The van der Waals surface area contributed by atoms with Gasteiger partial charge in [0.25, 0.3) is 0 Å². The number of amides is 1. The van der Waals surface area contributed by atoms with E-state index in [2.05, 4.69) is 29.5 Å². The summed E-state index contributed by atoms with van der Waals surface area (Å²) in [4.78, 5) is 16.6. The number of hydrogen-bond donors (Lipinski definition) is 2. The average molecular weight is 304 g/mol. The fraction of sp³-hybridized carbons (Fsp3) is 0.692. The van der Waals surface area contributed by atoms with E-state index in [-0.39, 0.29) is 29.8 Å². The summed E-state index contributed by atoms with van der Waals surface area (Å²) in [5.74, 6) is 0.426. The van der Waals surface area contributed by atoms with Crippen molar-refractivity contribution in [2.75, 3.05) is 13.1 Å². The van der Waals surface area contributed by atoms with Crippen LogP contribution in [-0.2, 0) is 4.79 Å². The Hall–Kier alpha value is -0.650. The second kappa shape index (κ2) is 7.22. The summed E-state index contributed by atoms with van der Waals surface area (Å²) in [7, 11) is 0. The van der Waals surface area contributed by atoms with Gasteiger partial charge in [-0.25, -0.2) is 4.98 Å². The van der Waals surface area contributed by atoms with Crippen LogP contribution in [0.15, 0.2) is 11.6 Å². The Kier molecular flexibility index (Phi) is 6.23. The third kappa shape index (κ3) is 3.68. The van der Waals surface area contributed by atoms with Crippen LogP contribution in [0, 0.1) is 0 Å². The molecule has 6 heteroatoms. The molecule has 2 atom stereocenters. The molecule has 0 aromatic carbocycles. The van der Waals surface area contributed by atoms with Crippen LogP contribution in [0.4, 0.5) is 0 Å². The number of carbonyl (C=O) groups is 1. The van der Waals surface area contributed by atoms with Gasteiger partial charge < -0.3 is 10.6 Å². The predicted octanol–water partition coefficient (Wildman–Crippen LogP) is 2.32. The highest BCUT2D eigenvalue weighted by Gasteiger charge is 2.38. The molecule has 0 aliphatic carbocycles. The molecule has 108 valence electrons. The molecule has 4 nitrogen and oxygen atoms in total. The molecule has 0 bridgehead atoms. The number of rotatable bonds is 5. The molecular formula is C13H22ClN3OS. The predicted molar refractivity (Wildman–Crippen MR) is 81.0 cm³/mol. The van der Waals surface area contributed by atoms with E-state index >= 15 is 0 Å². The summed E-state index contributed by atoms with van der Waals surface area (Å²) < 4.78 is 0. The zero-order chi connectivity index (χ0) is 13.0. The van der Waals surface area contributed by atoms with Gasteiger partial charge in [0.2, 0.25) is 5.91 Å². The van der Waals surface area contributed by atoms with Crippen molar-refractivity contribution in [3.8, 4) is 0 Å². The molecule has 1 aromatic rings. The zero-order valence-corrected chi connectivity index (χ0v) is 13.1. The fourth-order valence-electron chi connectivity index (χ4n) is 2.44. The van der Waals surface area contributed by atoms with Gasteiger partial charge in [0, 0.05) is 24.0 Å². The van der Waals surface area contributed by atoms with Crippen molar-refractivity contribution in [3.05, 3.63) is 16.6 Å². The summed E-state index contributed by atoms with van der Waals surface area (Å²) in [6, 6.07) is 0. The molecule has 2 unspecified atom stereocenters. The third-order valence-electron chi connectivity index (χ3n) is 3.72. The Balaban J connectivity index is 0.00000180. The molecule has 1 saturated heterocycles. The van der Waals surface area contributed by atoms with Crippen molar-refractivity contribution in [2.24, 2.45) is 0 Å². The highest BCUT2D eigenvalue weighted by Crippen LogP contribution is 2.23. The molecule has 1 aliphatic heterocycles. The first-order chi connectivity index (χ1) is 8.68. The van der Waals surface area contributed by atoms with Crippen LogP contribution in [-0.4, -0.2) is 29.5 Å². The number of aromatic nitrogens is 1. The van der Waals surface area contributed by atoms with E-state index < -0.39 is 0 Å². The molecule has 1 aromatic heterocycles. The minimum absolute atomic E-state index is 0. The molecule has 0 spiro atoms. The van der Waals surface area contributed by atoms with E-state index in [1.807, 2.05) is 11.6 Å². The molecule has 19 heavy (non-hydrogen) atoms. The van der Waals surface area contributed by atoms with E-state index in [4.69, 9.17) is 0 Å². The number of hydrogen-bond acceptors (Lipinski definition) is 4. The van der Waals surface area contributed by atoms with E-state index in [9.17, 15) is 4.79 Å². The smallest absolute Gasteiger partial charge is 0.240 e. The van der Waals surface area contributed by atoms with Gasteiger partial charge >= 0.3 is 0 Å². The number of thiazole rings is 1. The summed E-state index contributed by atoms with van der Waals surface area (Å²) in [5, 5.41) is 9.48. The van der Waals surface area contributed by atoms with Crippen LogP contribution in [0.5, 0.6) is 0 Å². The van der Waals surface area contributed by atoms with Gasteiger partial charge in [0.1, 0.15) is 0 Å². The SMILES string of the molecule is CCC1(C(=O)NCC(C)c2nccs2)CCCN1.Cl. The lowest BCUT2D eigenvalue weighted by atomic mass is 9.93. The van der Waals surface area contributed by atoms with Gasteiger partial charge in [-0.05, 0) is 25.8 Å². The van der Waals surface area contributed by atoms with Gasteiger partial charge in [0.15, 0.2) is 0 Å². The molecule has 0 saturated carbocycles. The average Bonchev–Trinajstić information content (AvgIpc) is 3.06. The minimum atomic E-state index is -0.331. The normalized spacial score (nSPS) is 23.7. The van der Waals surface area contributed by atoms with Crippen molar-refractivity contribution in [1.82, 2.24) is 15.6 Å². The topological polar surface area (TPSA) is 54.0 Å². The second-order valence-electron chi connectivity index (χ2n) is 4.95.